The predicted molar refractivity (Wildman–Crippen MR) is 132 cm³/mol. The average molecular weight is 500 g/mol. The average Bonchev–Trinajstić information content (AvgIpc) is 3.36. The number of aliphatic carboxylic acids is 1. The molecule has 4 rings (SSSR count). The Balaban J connectivity index is 1.43. The van der Waals surface area contributed by atoms with Crippen LogP contribution in [0.1, 0.15) is 42.2 Å². The number of carbonyl (C=O) groups is 1. The summed E-state index contributed by atoms with van der Waals surface area (Å²) in [5.74, 6) is 6.06. The number of ether oxygens (including phenoxy) is 1. The van der Waals surface area contributed by atoms with Crippen molar-refractivity contribution < 1.29 is 19.7 Å². The maximum absolute atomic E-state index is 12.3. The number of hydrogen-bond donors (Lipinski definition) is 2. The third kappa shape index (κ3) is 5.34. The zero-order valence-electron chi connectivity index (χ0n) is 18.8. The third-order valence-corrected chi connectivity index (χ3v) is 7.50. The Labute approximate surface area is 207 Å². The molecule has 0 saturated carbocycles. The van der Waals surface area contributed by atoms with Crippen LogP contribution in [0.25, 0.3) is 10.9 Å². The first-order valence-electron chi connectivity index (χ1n) is 11.1. The number of aliphatic hydroxyl groups is 1. The van der Waals surface area contributed by atoms with Crippen LogP contribution in [-0.4, -0.2) is 57.8 Å². The third-order valence-electron chi connectivity index (χ3n) is 6.51. The second kappa shape index (κ2) is 10.7. The van der Waals surface area contributed by atoms with Crippen LogP contribution < -0.4 is 4.74 Å². The van der Waals surface area contributed by atoms with Crippen molar-refractivity contribution in [2.75, 3.05) is 26.7 Å². The van der Waals surface area contributed by atoms with E-state index in [4.69, 9.17) is 16.3 Å². The number of nitrogens with zero attached hydrogens (tertiary/aromatic N) is 3. The quantitative estimate of drug-likeness (QED) is 0.465. The molecule has 2 N–H and O–H groups in total. The Morgan fingerprint density at radius 2 is 2.15 bits per heavy atom. The van der Waals surface area contributed by atoms with Crippen LogP contribution in [0.15, 0.2) is 36.1 Å². The van der Waals surface area contributed by atoms with Gasteiger partial charge in [0, 0.05) is 30.2 Å². The van der Waals surface area contributed by atoms with Gasteiger partial charge in [-0.25, -0.2) is 0 Å². The molecule has 7 nitrogen and oxygen atoms in total. The van der Waals surface area contributed by atoms with Crippen LogP contribution in [-0.2, 0) is 4.79 Å². The van der Waals surface area contributed by atoms with E-state index in [1.54, 1.807) is 30.9 Å². The first-order valence-corrected chi connectivity index (χ1v) is 12.3. The van der Waals surface area contributed by atoms with Gasteiger partial charge in [-0.15, -0.1) is 11.3 Å². The summed E-state index contributed by atoms with van der Waals surface area (Å²) in [6.07, 6.45) is 4.01. The Kier molecular flexibility index (Phi) is 7.69. The number of rotatable bonds is 7. The van der Waals surface area contributed by atoms with Gasteiger partial charge in [-0.3, -0.25) is 19.7 Å². The summed E-state index contributed by atoms with van der Waals surface area (Å²) >= 11 is 7.91. The largest absolute Gasteiger partial charge is 0.497 e. The standard InChI is InChI=1S/C25H26ClN3O4S/c1-33-17-4-5-21-19(13-17)23(20(26)15-28-21)22(30)6-7-25(24(31)32)8-11-29(12-9-25)10-2-3-18-14-27-16-34-18/h4-5,13-16,22,30H,6-12H2,1H3,(H,31,32)/t22-/m0/s1. The molecule has 0 radical (unpaired) electrons. The molecule has 9 heteroatoms. The van der Waals surface area contributed by atoms with E-state index in [0.717, 1.165) is 4.88 Å². The first-order chi connectivity index (χ1) is 16.4. The summed E-state index contributed by atoms with van der Waals surface area (Å²) in [4.78, 5) is 23.7. The number of aliphatic hydroxyl groups excluding tert-OH is 1. The summed E-state index contributed by atoms with van der Waals surface area (Å²) in [6.45, 7) is 1.89. The number of methoxy groups -OCH3 is 1. The molecule has 0 unspecified atom stereocenters. The molecule has 1 atom stereocenters. The summed E-state index contributed by atoms with van der Waals surface area (Å²) in [6, 6.07) is 5.41. The van der Waals surface area contributed by atoms with E-state index in [1.165, 1.54) is 17.5 Å². The number of benzene rings is 1. The number of hydrogen-bond acceptors (Lipinski definition) is 7. The molecule has 1 aliphatic rings. The second-order valence-corrected chi connectivity index (χ2v) is 9.78. The Bertz CT molecular complexity index is 1210. The summed E-state index contributed by atoms with van der Waals surface area (Å²) in [5.41, 5.74) is 2.12. The molecule has 0 amide bonds. The molecule has 1 fully saturated rings. The molecule has 3 aromatic rings. The van der Waals surface area contributed by atoms with Gasteiger partial charge in [-0.2, -0.15) is 0 Å². The minimum absolute atomic E-state index is 0.285. The maximum Gasteiger partial charge on any atom is 0.309 e. The zero-order chi connectivity index (χ0) is 24.1. The molecule has 178 valence electrons. The zero-order valence-corrected chi connectivity index (χ0v) is 20.4. The maximum atomic E-state index is 12.3. The van der Waals surface area contributed by atoms with Gasteiger partial charge >= 0.3 is 5.97 Å². The van der Waals surface area contributed by atoms with E-state index >= 15 is 0 Å². The number of thiazole rings is 1. The fourth-order valence-electron chi connectivity index (χ4n) is 4.42. The van der Waals surface area contributed by atoms with E-state index < -0.39 is 17.5 Å². The smallest absolute Gasteiger partial charge is 0.309 e. The van der Waals surface area contributed by atoms with Gasteiger partial charge in [0.15, 0.2) is 0 Å². The highest BCUT2D eigenvalue weighted by Gasteiger charge is 2.41. The van der Waals surface area contributed by atoms with Gasteiger partial charge in [-0.05, 0) is 43.9 Å². The number of carboxylic acids is 1. The number of aromatic nitrogens is 2. The van der Waals surface area contributed by atoms with Gasteiger partial charge in [0.2, 0.25) is 0 Å². The Morgan fingerprint density at radius 3 is 2.82 bits per heavy atom. The van der Waals surface area contributed by atoms with Crippen molar-refractivity contribution in [2.45, 2.75) is 31.8 Å². The molecular weight excluding hydrogens is 474 g/mol. The van der Waals surface area contributed by atoms with Crippen molar-refractivity contribution >= 4 is 39.8 Å². The summed E-state index contributed by atoms with van der Waals surface area (Å²) < 4.78 is 5.31. The van der Waals surface area contributed by atoms with Crippen LogP contribution in [0, 0.1) is 17.3 Å². The lowest BCUT2D eigenvalue weighted by Gasteiger charge is -2.38. The summed E-state index contributed by atoms with van der Waals surface area (Å²) in [7, 11) is 1.57. The molecule has 3 heterocycles. The van der Waals surface area contributed by atoms with E-state index in [1.807, 2.05) is 6.07 Å². The van der Waals surface area contributed by atoms with Crippen molar-refractivity contribution in [2.24, 2.45) is 5.41 Å². The van der Waals surface area contributed by atoms with Crippen LogP contribution in [0.3, 0.4) is 0 Å². The number of pyridine rings is 1. The van der Waals surface area contributed by atoms with Crippen LogP contribution in [0.4, 0.5) is 0 Å². The van der Waals surface area contributed by atoms with E-state index in [2.05, 4.69) is 26.7 Å². The van der Waals surface area contributed by atoms with E-state index in [0.29, 0.717) is 66.1 Å². The van der Waals surface area contributed by atoms with Crippen LogP contribution in [0.2, 0.25) is 5.02 Å². The molecule has 1 aromatic carbocycles. The van der Waals surface area contributed by atoms with Crippen molar-refractivity contribution in [3.05, 3.63) is 51.6 Å². The Morgan fingerprint density at radius 1 is 1.35 bits per heavy atom. The molecule has 0 spiro atoms. The topological polar surface area (TPSA) is 95.8 Å². The van der Waals surface area contributed by atoms with E-state index in [9.17, 15) is 15.0 Å². The molecular formula is C25H26ClN3O4S. The fraction of sp³-hybridized carbons (Fsp3) is 0.400. The first kappa shape index (κ1) is 24.4. The lowest BCUT2D eigenvalue weighted by molar-refractivity contribution is -0.153. The molecule has 0 aliphatic carbocycles. The number of carboxylic acid groups (broad SMARTS) is 1. The normalized spacial score (nSPS) is 16.6. The van der Waals surface area contributed by atoms with Gasteiger partial charge in [0.1, 0.15) is 5.75 Å². The number of fused-ring (bicyclic) bond motifs is 1. The molecule has 0 bridgehead atoms. The minimum atomic E-state index is -0.912. The second-order valence-electron chi connectivity index (χ2n) is 8.49. The van der Waals surface area contributed by atoms with Crippen LogP contribution >= 0.6 is 22.9 Å². The number of piperidine rings is 1. The monoisotopic (exact) mass is 499 g/mol. The van der Waals surface area contributed by atoms with Gasteiger partial charge < -0.3 is 14.9 Å². The van der Waals surface area contributed by atoms with Crippen molar-refractivity contribution in [1.82, 2.24) is 14.9 Å². The van der Waals surface area contributed by atoms with Crippen LogP contribution in [0.5, 0.6) is 5.75 Å². The highest BCUT2D eigenvalue weighted by Crippen LogP contribution is 2.41. The van der Waals surface area contributed by atoms with E-state index in [-0.39, 0.29) is 6.42 Å². The molecule has 34 heavy (non-hydrogen) atoms. The SMILES string of the molecule is COc1ccc2ncc(Cl)c([C@@H](O)CCC3(C(=O)O)CCN(CC#Cc4cncs4)CC3)c2c1. The van der Waals surface area contributed by atoms with Crippen molar-refractivity contribution in [3.63, 3.8) is 0 Å². The number of likely N-dealkylation sites (tertiary alicyclic amines) is 1. The molecule has 1 saturated heterocycles. The fourth-order valence-corrected chi connectivity index (χ4v) is 5.18. The van der Waals surface area contributed by atoms with Gasteiger partial charge in [0.25, 0.3) is 0 Å². The Hall–Kier alpha value is -2.70. The van der Waals surface area contributed by atoms with Crippen molar-refractivity contribution in [3.8, 4) is 17.6 Å². The molecule has 2 aromatic heterocycles. The highest BCUT2D eigenvalue weighted by atomic mass is 35.5. The van der Waals surface area contributed by atoms with Gasteiger partial charge in [0.05, 0.1) is 52.3 Å². The lowest BCUT2D eigenvalue weighted by Crippen LogP contribution is -2.44. The molecule has 1 aliphatic heterocycles. The predicted octanol–water partition coefficient (Wildman–Crippen LogP) is 4.39. The lowest BCUT2D eigenvalue weighted by atomic mass is 9.74. The minimum Gasteiger partial charge on any atom is -0.497 e. The number of halogens is 1. The van der Waals surface area contributed by atoms with Gasteiger partial charge in [-0.1, -0.05) is 23.4 Å². The summed E-state index contributed by atoms with van der Waals surface area (Å²) in [5, 5.41) is 22.2. The van der Waals surface area contributed by atoms with Crippen molar-refractivity contribution in [1.29, 1.82) is 0 Å². The highest BCUT2D eigenvalue weighted by molar-refractivity contribution is 7.10.